The Morgan fingerprint density at radius 2 is 2.25 bits per heavy atom. The van der Waals surface area contributed by atoms with Crippen molar-refractivity contribution in [2.45, 2.75) is 53.0 Å². The van der Waals surface area contributed by atoms with Gasteiger partial charge < -0.3 is 9.84 Å². The maximum atomic E-state index is 12.4. The van der Waals surface area contributed by atoms with Gasteiger partial charge in [-0.3, -0.25) is 9.48 Å². The molecule has 1 atom stereocenters. The summed E-state index contributed by atoms with van der Waals surface area (Å²) in [6, 6.07) is 0. The van der Waals surface area contributed by atoms with Crippen LogP contribution < -0.4 is 5.32 Å². The third-order valence-corrected chi connectivity index (χ3v) is 5.77. The minimum absolute atomic E-state index is 0.136. The predicted molar refractivity (Wildman–Crippen MR) is 94.0 cm³/mol. The largest absolute Gasteiger partial charge is 0.360 e. The molecule has 6 nitrogen and oxygen atoms in total. The summed E-state index contributed by atoms with van der Waals surface area (Å²) in [5, 5.41) is 11.4. The van der Waals surface area contributed by atoms with Crippen LogP contribution in [-0.2, 0) is 19.4 Å². The third kappa shape index (κ3) is 3.41. The van der Waals surface area contributed by atoms with E-state index in [4.69, 9.17) is 4.52 Å². The van der Waals surface area contributed by atoms with Crippen molar-refractivity contribution in [1.82, 2.24) is 20.3 Å². The lowest BCUT2D eigenvalue weighted by molar-refractivity contribution is 0.0942. The number of carbonyl (C=O) groups excluding carboxylic acids is 1. The summed E-state index contributed by atoms with van der Waals surface area (Å²) >= 11 is 3.53. The molecule has 0 unspecified atom stereocenters. The van der Waals surface area contributed by atoms with Crippen molar-refractivity contribution in [3.63, 3.8) is 0 Å². The minimum Gasteiger partial charge on any atom is -0.360 e. The Kier molecular flexibility index (Phi) is 5.08. The summed E-state index contributed by atoms with van der Waals surface area (Å²) in [5.74, 6) is 1.32. The van der Waals surface area contributed by atoms with E-state index in [1.54, 1.807) is 0 Å². The van der Waals surface area contributed by atoms with Crippen molar-refractivity contribution in [3.05, 3.63) is 32.9 Å². The smallest absolute Gasteiger partial charge is 0.273 e. The van der Waals surface area contributed by atoms with Gasteiger partial charge in [0.15, 0.2) is 5.69 Å². The molecule has 1 aliphatic carbocycles. The minimum atomic E-state index is -0.136. The van der Waals surface area contributed by atoms with Gasteiger partial charge in [0.2, 0.25) is 0 Å². The highest BCUT2D eigenvalue weighted by atomic mass is 79.9. The number of carbonyl (C=O) groups is 1. The molecule has 0 fully saturated rings. The van der Waals surface area contributed by atoms with E-state index in [0.29, 0.717) is 18.2 Å². The first-order chi connectivity index (χ1) is 11.5. The van der Waals surface area contributed by atoms with Crippen LogP contribution in [0.4, 0.5) is 0 Å². The molecule has 7 heteroatoms. The topological polar surface area (TPSA) is 73.0 Å². The van der Waals surface area contributed by atoms with Crippen LogP contribution >= 0.6 is 15.9 Å². The van der Waals surface area contributed by atoms with Crippen LogP contribution in [-0.4, -0.2) is 27.4 Å². The molecule has 0 saturated heterocycles. The van der Waals surface area contributed by atoms with Crippen LogP contribution in [0, 0.1) is 19.8 Å². The standard InChI is InChI=1S/C17H23BrN4O2/c1-10-5-6-14-13(9-10)16(21-24-14)17(23)19-7-4-8-22-12(3)15(18)11(2)20-22/h10H,4-9H2,1-3H3,(H,19,23)/t10-/m1/s1. The van der Waals surface area contributed by atoms with Crippen molar-refractivity contribution < 1.29 is 9.32 Å². The van der Waals surface area contributed by atoms with Gasteiger partial charge in [-0.15, -0.1) is 0 Å². The molecule has 0 spiro atoms. The fourth-order valence-corrected chi connectivity index (χ4v) is 3.45. The lowest BCUT2D eigenvalue weighted by Gasteiger charge is -2.16. The lowest BCUT2D eigenvalue weighted by atomic mass is 9.88. The predicted octanol–water partition coefficient (Wildman–Crippen LogP) is 3.20. The molecule has 1 N–H and O–H groups in total. The zero-order chi connectivity index (χ0) is 17.3. The van der Waals surface area contributed by atoms with Crippen molar-refractivity contribution in [3.8, 4) is 0 Å². The van der Waals surface area contributed by atoms with Crippen LogP contribution in [0.15, 0.2) is 9.00 Å². The molecular weight excluding hydrogens is 372 g/mol. The number of amides is 1. The molecule has 130 valence electrons. The Labute approximate surface area is 150 Å². The molecule has 24 heavy (non-hydrogen) atoms. The second-order valence-corrected chi connectivity index (χ2v) is 7.39. The average molecular weight is 395 g/mol. The summed E-state index contributed by atoms with van der Waals surface area (Å²) in [4.78, 5) is 12.4. The van der Waals surface area contributed by atoms with E-state index >= 15 is 0 Å². The second kappa shape index (κ2) is 7.09. The first kappa shape index (κ1) is 17.2. The van der Waals surface area contributed by atoms with Gasteiger partial charge in [-0.1, -0.05) is 12.1 Å². The van der Waals surface area contributed by atoms with E-state index in [9.17, 15) is 4.79 Å². The quantitative estimate of drug-likeness (QED) is 0.790. The maximum Gasteiger partial charge on any atom is 0.273 e. The molecule has 0 bridgehead atoms. The summed E-state index contributed by atoms with van der Waals surface area (Å²) in [7, 11) is 0. The van der Waals surface area contributed by atoms with E-state index in [-0.39, 0.29) is 5.91 Å². The first-order valence-corrected chi connectivity index (χ1v) is 9.21. The molecule has 2 aromatic rings. The number of aromatic nitrogens is 3. The summed E-state index contributed by atoms with van der Waals surface area (Å²) < 4.78 is 8.35. The van der Waals surface area contributed by atoms with E-state index in [2.05, 4.69) is 38.4 Å². The number of fused-ring (bicyclic) bond motifs is 1. The van der Waals surface area contributed by atoms with Crippen LogP contribution in [0.3, 0.4) is 0 Å². The Bertz CT molecular complexity index is 750. The maximum absolute atomic E-state index is 12.4. The lowest BCUT2D eigenvalue weighted by Crippen LogP contribution is -2.27. The average Bonchev–Trinajstić information content (AvgIpc) is 3.08. The van der Waals surface area contributed by atoms with Gasteiger partial charge in [-0.05, 0) is 55.0 Å². The first-order valence-electron chi connectivity index (χ1n) is 8.42. The highest BCUT2D eigenvalue weighted by Crippen LogP contribution is 2.27. The van der Waals surface area contributed by atoms with Crippen LogP contribution in [0.5, 0.6) is 0 Å². The van der Waals surface area contributed by atoms with Gasteiger partial charge in [0.25, 0.3) is 5.91 Å². The zero-order valence-corrected chi connectivity index (χ0v) is 15.9. The van der Waals surface area contributed by atoms with Gasteiger partial charge in [0, 0.05) is 30.8 Å². The number of nitrogens with zero attached hydrogens (tertiary/aromatic N) is 3. The van der Waals surface area contributed by atoms with Crippen LogP contribution in [0.1, 0.15) is 53.0 Å². The molecule has 0 aliphatic heterocycles. The highest BCUT2D eigenvalue weighted by Gasteiger charge is 2.26. The molecule has 2 heterocycles. The normalized spacial score (nSPS) is 16.9. The second-order valence-electron chi connectivity index (χ2n) is 6.60. The Morgan fingerprint density at radius 1 is 1.46 bits per heavy atom. The fraction of sp³-hybridized carbons (Fsp3) is 0.588. The van der Waals surface area contributed by atoms with Gasteiger partial charge in [-0.25, -0.2) is 0 Å². The van der Waals surface area contributed by atoms with Gasteiger partial charge in [0.1, 0.15) is 5.76 Å². The molecule has 0 radical (unpaired) electrons. The van der Waals surface area contributed by atoms with Crippen molar-refractivity contribution in [2.75, 3.05) is 6.54 Å². The van der Waals surface area contributed by atoms with Crippen molar-refractivity contribution in [1.29, 1.82) is 0 Å². The molecule has 0 saturated carbocycles. The highest BCUT2D eigenvalue weighted by molar-refractivity contribution is 9.10. The molecule has 0 aromatic carbocycles. The molecule has 1 aliphatic rings. The van der Waals surface area contributed by atoms with E-state index < -0.39 is 0 Å². The summed E-state index contributed by atoms with van der Waals surface area (Å²) in [5.41, 5.74) is 3.55. The molecular formula is C17H23BrN4O2. The summed E-state index contributed by atoms with van der Waals surface area (Å²) in [6.07, 6.45) is 3.67. The monoisotopic (exact) mass is 394 g/mol. The van der Waals surface area contributed by atoms with E-state index in [0.717, 1.165) is 59.4 Å². The molecule has 2 aromatic heterocycles. The number of nitrogens with one attached hydrogen (secondary N) is 1. The SMILES string of the molecule is Cc1nn(CCCNC(=O)c2noc3c2C[C@H](C)CC3)c(C)c1Br. The van der Waals surface area contributed by atoms with Crippen molar-refractivity contribution in [2.24, 2.45) is 5.92 Å². The molecule has 1 amide bonds. The number of halogens is 1. The fourth-order valence-electron chi connectivity index (χ4n) is 3.16. The van der Waals surface area contributed by atoms with Gasteiger partial charge in [0.05, 0.1) is 10.2 Å². The van der Waals surface area contributed by atoms with Crippen LogP contribution in [0.2, 0.25) is 0 Å². The van der Waals surface area contributed by atoms with Crippen molar-refractivity contribution >= 4 is 21.8 Å². The Morgan fingerprint density at radius 3 is 2.96 bits per heavy atom. The number of hydrogen-bond donors (Lipinski definition) is 1. The Hall–Kier alpha value is -1.63. The van der Waals surface area contributed by atoms with Crippen LogP contribution in [0.25, 0.3) is 0 Å². The summed E-state index contributed by atoms with van der Waals surface area (Å²) in [6.45, 7) is 7.57. The van der Waals surface area contributed by atoms with Gasteiger partial charge >= 0.3 is 0 Å². The third-order valence-electron chi connectivity index (χ3n) is 4.63. The number of rotatable bonds is 5. The van der Waals surface area contributed by atoms with E-state index in [1.807, 2.05) is 18.5 Å². The molecule has 3 rings (SSSR count). The number of aryl methyl sites for hydroxylation is 3. The zero-order valence-electron chi connectivity index (χ0n) is 14.4. The number of hydrogen-bond acceptors (Lipinski definition) is 4. The van der Waals surface area contributed by atoms with E-state index in [1.165, 1.54) is 0 Å². The van der Waals surface area contributed by atoms with Gasteiger partial charge in [-0.2, -0.15) is 5.10 Å². The Balaban J connectivity index is 1.53.